The molecular weight excluding hydrogens is 242 g/mol. The molecule has 0 amide bonds. The lowest BCUT2D eigenvalue weighted by molar-refractivity contribution is -0.445. The van der Waals surface area contributed by atoms with Crippen LogP contribution in [0.25, 0.3) is 0 Å². The zero-order valence-electron chi connectivity index (χ0n) is 11.6. The van der Waals surface area contributed by atoms with E-state index in [2.05, 4.69) is 31.7 Å². The number of hydrogen-bond acceptors (Lipinski definition) is 0. The molecule has 18 heavy (non-hydrogen) atoms. The van der Waals surface area contributed by atoms with Gasteiger partial charge in [-0.2, -0.15) is 0 Å². The summed E-state index contributed by atoms with van der Waals surface area (Å²) in [5.41, 5.74) is 6.25. The first-order valence-corrected chi connectivity index (χ1v) is 7.51. The van der Waals surface area contributed by atoms with Crippen molar-refractivity contribution in [2.45, 2.75) is 57.4 Å². The van der Waals surface area contributed by atoms with Crippen molar-refractivity contribution >= 4 is 11.6 Å². The van der Waals surface area contributed by atoms with Crippen LogP contribution < -0.4 is 5.73 Å². The van der Waals surface area contributed by atoms with Crippen LogP contribution in [-0.2, 0) is 5.41 Å². The fraction of sp³-hybridized carbons (Fsp3) is 0.625. The Morgan fingerprint density at radius 2 is 1.78 bits per heavy atom. The Labute approximate surface area is 116 Å². The summed E-state index contributed by atoms with van der Waals surface area (Å²) in [7, 11) is 0. The molecule has 1 nitrogen and oxygen atoms in total. The highest BCUT2D eigenvalue weighted by molar-refractivity contribution is 6.30. The molecule has 1 aromatic carbocycles. The SMILES string of the molecule is CC(C)CC[C@@H]([NH3+])C1(c2ccc(Cl)cc2)CCC1. The molecule has 0 spiro atoms. The highest BCUT2D eigenvalue weighted by Gasteiger charge is 2.45. The van der Waals surface area contributed by atoms with E-state index >= 15 is 0 Å². The van der Waals surface area contributed by atoms with Crippen LogP contribution in [0.4, 0.5) is 0 Å². The Kier molecular flexibility index (Phi) is 4.34. The van der Waals surface area contributed by atoms with Crippen LogP contribution in [0.5, 0.6) is 0 Å². The molecule has 1 saturated carbocycles. The van der Waals surface area contributed by atoms with E-state index in [1.54, 1.807) is 0 Å². The van der Waals surface area contributed by atoms with Crippen molar-refractivity contribution in [2.24, 2.45) is 5.92 Å². The third-order valence-corrected chi connectivity index (χ3v) is 4.79. The topological polar surface area (TPSA) is 27.6 Å². The summed E-state index contributed by atoms with van der Waals surface area (Å²) < 4.78 is 0. The van der Waals surface area contributed by atoms with Crippen molar-refractivity contribution in [2.75, 3.05) is 0 Å². The van der Waals surface area contributed by atoms with Crippen LogP contribution in [0, 0.1) is 5.92 Å². The van der Waals surface area contributed by atoms with Gasteiger partial charge in [-0.25, -0.2) is 0 Å². The fourth-order valence-electron chi connectivity index (χ4n) is 3.08. The van der Waals surface area contributed by atoms with Crippen LogP contribution in [0.1, 0.15) is 51.5 Å². The highest BCUT2D eigenvalue weighted by atomic mass is 35.5. The maximum atomic E-state index is 5.99. The summed E-state index contributed by atoms with van der Waals surface area (Å²) in [6, 6.07) is 8.98. The van der Waals surface area contributed by atoms with Crippen molar-refractivity contribution < 1.29 is 5.73 Å². The minimum Gasteiger partial charge on any atom is -0.354 e. The third kappa shape index (κ3) is 2.73. The van der Waals surface area contributed by atoms with E-state index in [0.717, 1.165) is 10.9 Å². The van der Waals surface area contributed by atoms with Gasteiger partial charge < -0.3 is 5.73 Å². The van der Waals surface area contributed by atoms with Crippen LogP contribution in [0.3, 0.4) is 0 Å². The first kappa shape index (κ1) is 13.9. The average molecular weight is 267 g/mol. The Balaban J connectivity index is 2.12. The van der Waals surface area contributed by atoms with Gasteiger partial charge in [-0.15, -0.1) is 0 Å². The van der Waals surface area contributed by atoms with Gasteiger partial charge in [0.25, 0.3) is 0 Å². The Morgan fingerprint density at radius 1 is 1.17 bits per heavy atom. The summed E-state index contributed by atoms with van der Waals surface area (Å²) in [6.45, 7) is 4.59. The number of hydrogen-bond donors (Lipinski definition) is 1. The largest absolute Gasteiger partial charge is 0.354 e. The lowest BCUT2D eigenvalue weighted by Crippen LogP contribution is -2.71. The van der Waals surface area contributed by atoms with Gasteiger partial charge in [0.15, 0.2) is 0 Å². The summed E-state index contributed by atoms with van der Waals surface area (Å²) >= 11 is 5.99. The maximum absolute atomic E-state index is 5.99. The molecule has 1 aromatic rings. The predicted octanol–water partition coefficient (Wildman–Crippen LogP) is 3.81. The van der Waals surface area contributed by atoms with Crippen molar-refractivity contribution in [3.05, 3.63) is 34.9 Å². The maximum Gasteiger partial charge on any atom is 0.0941 e. The average Bonchev–Trinajstić information content (AvgIpc) is 2.27. The Morgan fingerprint density at radius 3 is 2.22 bits per heavy atom. The van der Waals surface area contributed by atoms with E-state index in [0.29, 0.717) is 11.5 Å². The van der Waals surface area contributed by atoms with Gasteiger partial charge in [0.2, 0.25) is 0 Å². The standard InChI is InChI=1S/C16H24ClN/c1-12(2)4-9-15(18)16(10-3-11-16)13-5-7-14(17)8-6-13/h5-8,12,15H,3-4,9-11,18H2,1-2H3/p+1/t15-/m1/s1. The number of benzene rings is 1. The Bertz CT molecular complexity index is 379. The summed E-state index contributed by atoms with van der Waals surface area (Å²) in [5.74, 6) is 0.775. The number of halogens is 1. The second-order valence-corrected chi connectivity index (χ2v) is 6.62. The minimum absolute atomic E-state index is 0.333. The molecule has 2 rings (SSSR count). The third-order valence-electron chi connectivity index (χ3n) is 4.54. The second-order valence-electron chi connectivity index (χ2n) is 6.18. The van der Waals surface area contributed by atoms with Crippen molar-refractivity contribution in [3.63, 3.8) is 0 Å². The summed E-state index contributed by atoms with van der Waals surface area (Å²) in [6.07, 6.45) is 6.45. The zero-order valence-corrected chi connectivity index (χ0v) is 12.3. The fourth-order valence-corrected chi connectivity index (χ4v) is 3.21. The van der Waals surface area contributed by atoms with Gasteiger partial charge >= 0.3 is 0 Å². The monoisotopic (exact) mass is 266 g/mol. The van der Waals surface area contributed by atoms with Crippen molar-refractivity contribution in [3.8, 4) is 0 Å². The predicted molar refractivity (Wildman–Crippen MR) is 77.7 cm³/mol. The minimum atomic E-state index is 0.333. The quantitative estimate of drug-likeness (QED) is 0.839. The molecular formula is C16H25ClN+. The molecule has 0 heterocycles. The Hall–Kier alpha value is -0.530. The van der Waals surface area contributed by atoms with E-state index in [4.69, 9.17) is 11.6 Å². The first-order valence-electron chi connectivity index (χ1n) is 7.14. The van der Waals surface area contributed by atoms with Crippen LogP contribution >= 0.6 is 11.6 Å². The van der Waals surface area contributed by atoms with Gasteiger partial charge in [-0.3, -0.25) is 0 Å². The molecule has 0 aromatic heterocycles. The van der Waals surface area contributed by atoms with Crippen LogP contribution in [0.2, 0.25) is 5.02 Å². The van der Waals surface area contributed by atoms with E-state index in [1.165, 1.54) is 37.7 Å². The molecule has 0 unspecified atom stereocenters. The molecule has 1 fully saturated rings. The lowest BCUT2D eigenvalue weighted by Gasteiger charge is -2.45. The molecule has 1 aliphatic rings. The molecule has 1 atom stereocenters. The molecule has 1 aliphatic carbocycles. The number of rotatable bonds is 5. The van der Waals surface area contributed by atoms with Gasteiger partial charge in [0.05, 0.1) is 6.04 Å². The smallest absolute Gasteiger partial charge is 0.0941 e. The normalized spacial score (nSPS) is 19.6. The van der Waals surface area contributed by atoms with E-state index in [-0.39, 0.29) is 0 Å². The van der Waals surface area contributed by atoms with E-state index in [9.17, 15) is 0 Å². The molecule has 3 N–H and O–H groups in total. The first-order chi connectivity index (χ1) is 8.54. The van der Waals surface area contributed by atoms with Gasteiger partial charge in [-0.1, -0.05) is 44.0 Å². The molecule has 100 valence electrons. The van der Waals surface area contributed by atoms with Gasteiger partial charge in [0.1, 0.15) is 0 Å². The lowest BCUT2D eigenvalue weighted by atomic mass is 9.59. The van der Waals surface area contributed by atoms with Gasteiger partial charge in [0, 0.05) is 16.9 Å². The summed E-state index contributed by atoms with van der Waals surface area (Å²) in [5, 5.41) is 0.830. The molecule has 0 radical (unpaired) electrons. The zero-order chi connectivity index (χ0) is 13.2. The van der Waals surface area contributed by atoms with E-state index < -0.39 is 0 Å². The van der Waals surface area contributed by atoms with Gasteiger partial charge in [-0.05, 0) is 42.9 Å². The molecule has 2 heteroatoms. The molecule has 0 bridgehead atoms. The van der Waals surface area contributed by atoms with Crippen molar-refractivity contribution in [1.82, 2.24) is 0 Å². The van der Waals surface area contributed by atoms with E-state index in [1.807, 2.05) is 12.1 Å². The molecule has 0 aliphatic heterocycles. The van der Waals surface area contributed by atoms with Crippen LogP contribution in [-0.4, -0.2) is 6.04 Å². The van der Waals surface area contributed by atoms with Crippen LogP contribution in [0.15, 0.2) is 24.3 Å². The number of quaternary nitrogens is 1. The summed E-state index contributed by atoms with van der Waals surface area (Å²) in [4.78, 5) is 0. The highest BCUT2D eigenvalue weighted by Crippen LogP contribution is 2.46. The molecule has 0 saturated heterocycles. The second kappa shape index (κ2) is 5.63. The van der Waals surface area contributed by atoms with Crippen molar-refractivity contribution in [1.29, 1.82) is 0 Å².